The van der Waals surface area contributed by atoms with Crippen LogP contribution in [0.15, 0.2) is 35.5 Å². The Hall–Kier alpha value is -1.03. The maximum atomic E-state index is 12.7. The van der Waals surface area contributed by atoms with Gasteiger partial charge in [0.05, 0.1) is 5.57 Å². The molecule has 3 atom stereocenters. The Morgan fingerprint density at radius 3 is 2.75 bits per heavy atom. The van der Waals surface area contributed by atoms with Crippen LogP contribution in [0, 0.1) is 11.8 Å². The second-order valence-corrected chi connectivity index (χ2v) is 4.61. The van der Waals surface area contributed by atoms with Crippen molar-refractivity contribution in [3.8, 4) is 0 Å². The van der Waals surface area contributed by atoms with Gasteiger partial charge >= 0.3 is 6.18 Å². The summed E-state index contributed by atoms with van der Waals surface area (Å²) in [5, 5.41) is 3.26. The summed E-state index contributed by atoms with van der Waals surface area (Å²) in [4.78, 5) is 0. The van der Waals surface area contributed by atoms with E-state index in [2.05, 4.69) is 5.32 Å². The molecule has 86 valence electrons. The Kier molecular flexibility index (Phi) is 2.05. The molecule has 0 spiro atoms. The molecule has 1 saturated heterocycles. The van der Waals surface area contributed by atoms with Gasteiger partial charge in [-0.25, -0.2) is 0 Å². The van der Waals surface area contributed by atoms with Crippen molar-refractivity contribution in [1.29, 1.82) is 0 Å². The number of alkyl halides is 3. The molecule has 2 aliphatic carbocycles. The Labute approximate surface area is 91.7 Å². The normalized spacial score (nSPS) is 36.8. The zero-order chi connectivity index (χ0) is 11.3. The molecule has 3 rings (SSSR count). The van der Waals surface area contributed by atoms with E-state index in [0.717, 1.165) is 18.5 Å². The van der Waals surface area contributed by atoms with Gasteiger partial charge in [0.1, 0.15) is 0 Å². The average molecular weight is 227 g/mol. The molecule has 0 aromatic heterocycles. The minimum atomic E-state index is -4.23. The molecule has 0 radical (unpaired) electrons. The van der Waals surface area contributed by atoms with E-state index in [9.17, 15) is 13.2 Å². The highest BCUT2D eigenvalue weighted by atomic mass is 19.4. The zero-order valence-electron chi connectivity index (χ0n) is 8.59. The van der Waals surface area contributed by atoms with Crippen LogP contribution in [0.3, 0.4) is 0 Å². The zero-order valence-corrected chi connectivity index (χ0v) is 8.59. The smallest absolute Gasteiger partial charge is 0.313 e. The molecule has 2 fully saturated rings. The molecule has 1 nitrogen and oxygen atoms in total. The average Bonchev–Trinajstić information content (AvgIpc) is 2.36. The van der Waals surface area contributed by atoms with Crippen molar-refractivity contribution in [2.24, 2.45) is 11.8 Å². The first-order chi connectivity index (χ1) is 7.55. The van der Waals surface area contributed by atoms with Gasteiger partial charge in [-0.05, 0) is 12.5 Å². The van der Waals surface area contributed by atoms with Gasteiger partial charge in [0.15, 0.2) is 0 Å². The summed E-state index contributed by atoms with van der Waals surface area (Å²) in [6.45, 7) is 0.825. The highest BCUT2D eigenvalue weighted by Gasteiger charge is 2.44. The van der Waals surface area contributed by atoms with Gasteiger partial charge in [-0.2, -0.15) is 13.2 Å². The van der Waals surface area contributed by atoms with Gasteiger partial charge in [-0.1, -0.05) is 23.8 Å². The summed E-state index contributed by atoms with van der Waals surface area (Å²) < 4.78 is 38.0. The molecule has 1 heterocycles. The van der Waals surface area contributed by atoms with E-state index >= 15 is 0 Å². The largest absolute Gasteiger partial charge is 0.416 e. The van der Waals surface area contributed by atoms with Crippen LogP contribution < -0.4 is 5.32 Å². The highest BCUT2D eigenvalue weighted by molar-refractivity contribution is 5.41. The molecule has 0 amide bonds. The number of allylic oxidation sites excluding steroid dienone is 5. The fourth-order valence-electron chi connectivity index (χ4n) is 2.79. The van der Waals surface area contributed by atoms with E-state index in [4.69, 9.17) is 0 Å². The van der Waals surface area contributed by atoms with Crippen LogP contribution in [0.5, 0.6) is 0 Å². The van der Waals surface area contributed by atoms with Crippen LogP contribution in [0.4, 0.5) is 13.2 Å². The lowest BCUT2D eigenvalue weighted by Crippen LogP contribution is -2.49. The Morgan fingerprint density at radius 1 is 1.31 bits per heavy atom. The predicted molar refractivity (Wildman–Crippen MR) is 54.7 cm³/mol. The van der Waals surface area contributed by atoms with Crippen molar-refractivity contribution in [3.05, 3.63) is 35.5 Å². The summed E-state index contributed by atoms with van der Waals surface area (Å²) in [6, 6.07) is 0.397. The third-order valence-corrected chi connectivity index (χ3v) is 3.72. The first kappa shape index (κ1) is 10.1. The first-order valence-corrected chi connectivity index (χ1v) is 5.46. The lowest BCUT2D eigenvalue weighted by Gasteiger charge is -2.32. The van der Waals surface area contributed by atoms with Crippen LogP contribution >= 0.6 is 0 Å². The van der Waals surface area contributed by atoms with E-state index in [1.165, 1.54) is 12.2 Å². The van der Waals surface area contributed by atoms with Crippen molar-refractivity contribution in [1.82, 2.24) is 5.32 Å². The molecular formula is C12H12F3N. The number of rotatable bonds is 0. The lowest BCUT2D eigenvalue weighted by atomic mass is 9.90. The minimum absolute atomic E-state index is 0.195. The molecule has 16 heavy (non-hydrogen) atoms. The fourth-order valence-corrected chi connectivity index (χ4v) is 2.79. The van der Waals surface area contributed by atoms with Crippen molar-refractivity contribution in [3.63, 3.8) is 0 Å². The number of hydrogen-bond acceptors (Lipinski definition) is 1. The maximum Gasteiger partial charge on any atom is 0.416 e. The summed E-state index contributed by atoms with van der Waals surface area (Å²) >= 11 is 0. The summed E-state index contributed by atoms with van der Waals surface area (Å²) in [6.07, 6.45) is 2.67. The minimum Gasteiger partial charge on any atom is -0.313 e. The number of halogens is 3. The molecule has 2 unspecified atom stereocenters. The standard InChI is InChI=1S/C12H12F3N/c13-12(14,15)8-3-1-2-7-4-11-10(6-16-11)9(7)5-8/h1-3,5,7,10-11,16H,4,6H2/t7?,10-,11?/m1/s1. The van der Waals surface area contributed by atoms with Crippen LogP contribution in [0.1, 0.15) is 6.42 Å². The first-order valence-electron chi connectivity index (χ1n) is 5.46. The van der Waals surface area contributed by atoms with E-state index < -0.39 is 11.7 Å². The van der Waals surface area contributed by atoms with Crippen molar-refractivity contribution < 1.29 is 13.2 Å². The van der Waals surface area contributed by atoms with Crippen molar-refractivity contribution in [2.75, 3.05) is 6.54 Å². The molecule has 1 saturated carbocycles. The second-order valence-electron chi connectivity index (χ2n) is 4.61. The summed E-state index contributed by atoms with van der Waals surface area (Å²) in [5.41, 5.74) is 0.440. The molecule has 3 aliphatic rings. The lowest BCUT2D eigenvalue weighted by molar-refractivity contribution is -0.0882. The van der Waals surface area contributed by atoms with Crippen LogP contribution in [-0.2, 0) is 0 Å². The summed E-state index contributed by atoms with van der Waals surface area (Å²) in [7, 11) is 0. The topological polar surface area (TPSA) is 12.0 Å². The monoisotopic (exact) mass is 227 g/mol. The van der Waals surface area contributed by atoms with Gasteiger partial charge < -0.3 is 5.32 Å². The van der Waals surface area contributed by atoms with Crippen LogP contribution in [-0.4, -0.2) is 18.8 Å². The SMILES string of the molecule is FC(F)(F)C1=CC=CC2CC3NC[C@@H]3C2=C1. The molecule has 0 bridgehead atoms. The Balaban J connectivity index is 1.97. The van der Waals surface area contributed by atoms with Crippen LogP contribution in [0.25, 0.3) is 0 Å². The van der Waals surface area contributed by atoms with Crippen LogP contribution in [0.2, 0.25) is 0 Å². The molecule has 1 aliphatic heterocycles. The van der Waals surface area contributed by atoms with E-state index in [-0.39, 0.29) is 5.92 Å². The third-order valence-electron chi connectivity index (χ3n) is 3.72. The molecule has 4 heteroatoms. The fraction of sp³-hybridized carbons (Fsp3) is 0.500. The van der Waals surface area contributed by atoms with E-state index in [1.807, 2.05) is 6.08 Å². The van der Waals surface area contributed by atoms with Gasteiger partial charge in [0.2, 0.25) is 0 Å². The third kappa shape index (κ3) is 1.44. The number of fused-ring (bicyclic) bond motifs is 3. The molecule has 1 N–H and O–H groups in total. The maximum absolute atomic E-state index is 12.7. The Bertz CT molecular complexity index is 403. The molecule has 0 aromatic carbocycles. The number of hydrogen-bond donors (Lipinski definition) is 1. The van der Waals surface area contributed by atoms with Crippen molar-refractivity contribution in [2.45, 2.75) is 18.6 Å². The Morgan fingerprint density at radius 2 is 2.12 bits per heavy atom. The summed E-state index contributed by atoms with van der Waals surface area (Å²) in [5.74, 6) is 0.514. The molecule has 0 aromatic rings. The van der Waals surface area contributed by atoms with E-state index in [1.54, 1.807) is 6.08 Å². The quantitative estimate of drug-likeness (QED) is 0.670. The second kappa shape index (κ2) is 3.23. The van der Waals surface area contributed by atoms with Crippen molar-refractivity contribution >= 4 is 0 Å². The number of nitrogens with one attached hydrogen (secondary N) is 1. The highest BCUT2D eigenvalue weighted by Crippen LogP contribution is 2.44. The van der Waals surface area contributed by atoms with Gasteiger partial charge in [-0.3, -0.25) is 0 Å². The van der Waals surface area contributed by atoms with Gasteiger partial charge in [0, 0.05) is 24.4 Å². The predicted octanol–water partition coefficient (Wildman–Crippen LogP) is 2.58. The van der Waals surface area contributed by atoms with E-state index in [0.29, 0.717) is 12.0 Å². The van der Waals surface area contributed by atoms with Gasteiger partial charge in [-0.15, -0.1) is 0 Å². The van der Waals surface area contributed by atoms with Gasteiger partial charge in [0.25, 0.3) is 0 Å². The molecular weight excluding hydrogens is 215 g/mol.